The van der Waals surface area contributed by atoms with E-state index in [1.807, 2.05) is 18.9 Å². The fourth-order valence-corrected chi connectivity index (χ4v) is 3.22. The van der Waals surface area contributed by atoms with Crippen LogP contribution >= 0.6 is 23.5 Å². The zero-order chi connectivity index (χ0) is 8.32. The summed E-state index contributed by atoms with van der Waals surface area (Å²) in [4.78, 5) is 11.3. The lowest BCUT2D eigenvalue weighted by atomic mass is 10.2. The predicted molar refractivity (Wildman–Crippen MR) is 49.4 cm³/mol. The van der Waals surface area contributed by atoms with Gasteiger partial charge in [-0.3, -0.25) is 4.79 Å². The molecule has 1 aliphatic rings. The van der Waals surface area contributed by atoms with Gasteiger partial charge in [-0.05, 0) is 13.8 Å². The third-order valence-electron chi connectivity index (χ3n) is 1.44. The van der Waals surface area contributed by atoms with Gasteiger partial charge in [0.2, 0.25) is 0 Å². The minimum Gasteiger partial charge on any atom is -0.465 e. The van der Waals surface area contributed by atoms with Crippen LogP contribution < -0.4 is 0 Å². The zero-order valence-electron chi connectivity index (χ0n) is 6.62. The molecule has 1 rings (SSSR count). The lowest BCUT2D eigenvalue weighted by Gasteiger charge is -2.18. The molecule has 0 amide bonds. The minimum atomic E-state index is -0.333. The first-order chi connectivity index (χ1) is 5.19. The lowest BCUT2D eigenvalue weighted by Crippen LogP contribution is -2.33. The molecule has 0 aromatic carbocycles. The summed E-state index contributed by atoms with van der Waals surface area (Å²) < 4.78 is 4.60. The van der Waals surface area contributed by atoms with Gasteiger partial charge in [0, 0.05) is 5.75 Å². The molecule has 4 heteroatoms. The van der Waals surface area contributed by atoms with Crippen molar-refractivity contribution >= 4 is 29.5 Å². The van der Waals surface area contributed by atoms with Crippen molar-refractivity contribution in [3.63, 3.8) is 0 Å². The van der Waals surface area contributed by atoms with Crippen LogP contribution in [-0.4, -0.2) is 23.1 Å². The molecular weight excluding hydrogens is 180 g/mol. The van der Waals surface area contributed by atoms with E-state index in [4.69, 9.17) is 4.74 Å². The molecule has 11 heavy (non-hydrogen) atoms. The Bertz CT molecular complexity index is 153. The lowest BCUT2D eigenvalue weighted by molar-refractivity contribution is -0.144. The van der Waals surface area contributed by atoms with Crippen molar-refractivity contribution in [2.24, 2.45) is 0 Å². The van der Waals surface area contributed by atoms with Crippen LogP contribution in [-0.2, 0) is 9.53 Å². The first-order valence-electron chi connectivity index (χ1n) is 3.47. The predicted octanol–water partition coefficient (Wildman–Crippen LogP) is 1.91. The SMILES string of the molecule is CCOC(=O)C1(C)CS[CH]S1. The number of rotatable bonds is 2. The van der Waals surface area contributed by atoms with Crippen molar-refractivity contribution in [3.8, 4) is 0 Å². The molecule has 0 saturated carbocycles. The number of ether oxygens (including phenoxy) is 1. The first kappa shape index (κ1) is 9.26. The number of thioether (sulfide) groups is 2. The van der Waals surface area contributed by atoms with Crippen LogP contribution in [0.5, 0.6) is 0 Å². The van der Waals surface area contributed by atoms with Gasteiger partial charge in [0.05, 0.1) is 11.7 Å². The van der Waals surface area contributed by atoms with Crippen LogP contribution in [0.25, 0.3) is 0 Å². The highest BCUT2D eigenvalue weighted by Crippen LogP contribution is 2.43. The quantitative estimate of drug-likeness (QED) is 0.623. The van der Waals surface area contributed by atoms with Crippen LogP contribution in [0.2, 0.25) is 0 Å². The Balaban J connectivity index is 2.49. The van der Waals surface area contributed by atoms with E-state index in [0.717, 1.165) is 5.75 Å². The molecule has 63 valence electrons. The molecule has 1 saturated heterocycles. The molecule has 0 bridgehead atoms. The molecule has 1 atom stereocenters. The van der Waals surface area contributed by atoms with Crippen LogP contribution in [0.15, 0.2) is 0 Å². The topological polar surface area (TPSA) is 26.3 Å². The van der Waals surface area contributed by atoms with Gasteiger partial charge >= 0.3 is 5.97 Å². The molecule has 1 aliphatic heterocycles. The number of carbonyl (C=O) groups is 1. The zero-order valence-corrected chi connectivity index (χ0v) is 8.26. The van der Waals surface area contributed by atoms with E-state index in [9.17, 15) is 4.79 Å². The van der Waals surface area contributed by atoms with Crippen LogP contribution in [0.3, 0.4) is 0 Å². The molecule has 0 aromatic heterocycles. The number of carbonyl (C=O) groups excluding carboxylic acids is 1. The van der Waals surface area contributed by atoms with Crippen molar-refractivity contribution in [2.45, 2.75) is 18.6 Å². The number of hydrogen-bond donors (Lipinski definition) is 0. The first-order valence-corrected chi connectivity index (χ1v) is 5.40. The van der Waals surface area contributed by atoms with E-state index in [1.54, 1.807) is 23.5 Å². The molecule has 0 N–H and O–H groups in total. The maximum atomic E-state index is 11.3. The van der Waals surface area contributed by atoms with Crippen LogP contribution in [0.4, 0.5) is 0 Å². The van der Waals surface area contributed by atoms with Gasteiger partial charge in [-0.2, -0.15) is 0 Å². The fourth-order valence-electron chi connectivity index (χ4n) is 0.758. The molecule has 0 aromatic rings. The van der Waals surface area contributed by atoms with Crippen molar-refractivity contribution in [1.29, 1.82) is 0 Å². The highest BCUT2D eigenvalue weighted by Gasteiger charge is 2.39. The highest BCUT2D eigenvalue weighted by atomic mass is 32.2. The van der Waals surface area contributed by atoms with E-state index in [1.165, 1.54) is 0 Å². The maximum absolute atomic E-state index is 11.3. The minimum absolute atomic E-state index is 0.0914. The van der Waals surface area contributed by atoms with Crippen LogP contribution in [0.1, 0.15) is 13.8 Å². The fraction of sp³-hybridized carbons (Fsp3) is 0.714. The van der Waals surface area contributed by atoms with E-state index < -0.39 is 0 Å². The Kier molecular flexibility index (Phi) is 3.13. The average Bonchev–Trinajstić information content (AvgIpc) is 2.38. The number of esters is 1. The Hall–Kier alpha value is 0.170. The van der Waals surface area contributed by atoms with Crippen molar-refractivity contribution in [2.75, 3.05) is 12.4 Å². The average molecular weight is 191 g/mol. The second kappa shape index (κ2) is 3.72. The van der Waals surface area contributed by atoms with E-state index >= 15 is 0 Å². The summed E-state index contributed by atoms with van der Waals surface area (Å²) in [6, 6.07) is 0. The van der Waals surface area contributed by atoms with Gasteiger partial charge in [-0.15, -0.1) is 23.5 Å². The van der Waals surface area contributed by atoms with Crippen molar-refractivity contribution in [1.82, 2.24) is 0 Å². The third-order valence-corrected chi connectivity index (χ3v) is 4.13. The van der Waals surface area contributed by atoms with Gasteiger partial charge in [0.25, 0.3) is 0 Å². The summed E-state index contributed by atoms with van der Waals surface area (Å²) >= 11 is 3.23. The van der Waals surface area contributed by atoms with E-state index in [2.05, 4.69) is 0 Å². The van der Waals surface area contributed by atoms with E-state index in [0.29, 0.717) is 6.61 Å². The van der Waals surface area contributed by atoms with Crippen molar-refractivity contribution < 1.29 is 9.53 Å². The molecule has 1 fully saturated rings. The second-order valence-corrected chi connectivity index (χ2v) is 5.00. The molecule has 1 unspecified atom stereocenters. The summed E-state index contributed by atoms with van der Waals surface area (Å²) in [5, 5.41) is 2.00. The van der Waals surface area contributed by atoms with Gasteiger partial charge < -0.3 is 4.74 Å². The van der Waals surface area contributed by atoms with Gasteiger partial charge in [-0.1, -0.05) is 0 Å². The molecule has 0 spiro atoms. The Labute approximate surface area is 75.4 Å². The van der Waals surface area contributed by atoms with Gasteiger partial charge in [-0.25, -0.2) is 0 Å². The summed E-state index contributed by atoms with van der Waals surface area (Å²) in [6.07, 6.45) is 0. The maximum Gasteiger partial charge on any atom is 0.322 e. The molecular formula is C7H11O2S2. The second-order valence-electron chi connectivity index (χ2n) is 2.48. The van der Waals surface area contributed by atoms with Gasteiger partial charge in [0.15, 0.2) is 0 Å². The Morgan fingerprint density at radius 1 is 1.82 bits per heavy atom. The molecule has 1 heterocycles. The summed E-state index contributed by atoms with van der Waals surface area (Å²) in [5.74, 6) is 0.738. The standard InChI is InChI=1S/C7H11O2S2/c1-3-9-6(8)7(2)4-10-5-11-7/h5H,3-4H2,1-2H3. The smallest absolute Gasteiger partial charge is 0.322 e. The third kappa shape index (κ3) is 2.06. The monoisotopic (exact) mass is 191 g/mol. The summed E-state index contributed by atoms with van der Waals surface area (Å²) in [5.41, 5.74) is 0. The highest BCUT2D eigenvalue weighted by molar-refractivity contribution is 8.23. The summed E-state index contributed by atoms with van der Waals surface area (Å²) in [6.45, 7) is 4.23. The largest absolute Gasteiger partial charge is 0.465 e. The Morgan fingerprint density at radius 3 is 3.00 bits per heavy atom. The molecule has 1 radical (unpaired) electrons. The Morgan fingerprint density at radius 2 is 2.55 bits per heavy atom. The summed E-state index contributed by atoms with van der Waals surface area (Å²) in [7, 11) is 0. The molecule has 2 nitrogen and oxygen atoms in total. The van der Waals surface area contributed by atoms with E-state index in [-0.39, 0.29) is 10.7 Å². The van der Waals surface area contributed by atoms with Crippen LogP contribution in [0, 0.1) is 5.08 Å². The van der Waals surface area contributed by atoms with Crippen molar-refractivity contribution in [3.05, 3.63) is 5.08 Å². The number of hydrogen-bond acceptors (Lipinski definition) is 4. The molecule has 0 aliphatic carbocycles. The normalized spacial score (nSPS) is 30.4. The van der Waals surface area contributed by atoms with Gasteiger partial charge in [0.1, 0.15) is 4.75 Å².